The molecule has 21 heavy (non-hydrogen) atoms. The minimum Gasteiger partial charge on any atom is -0.462 e. The molecule has 1 aromatic heterocycles. The number of nitrogens with zero attached hydrogens (tertiary/aromatic N) is 2. The molecule has 1 rings (SSSR count). The van der Waals surface area contributed by atoms with Crippen molar-refractivity contribution >= 4 is 5.97 Å². The van der Waals surface area contributed by atoms with Gasteiger partial charge in [-0.2, -0.15) is 5.10 Å². The van der Waals surface area contributed by atoms with Crippen LogP contribution in [0.15, 0.2) is 0 Å². The van der Waals surface area contributed by atoms with E-state index in [4.69, 9.17) is 4.74 Å². The molecule has 120 valence electrons. The van der Waals surface area contributed by atoms with E-state index in [9.17, 15) is 9.90 Å². The van der Waals surface area contributed by atoms with E-state index in [1.807, 2.05) is 41.5 Å². The molecule has 0 bridgehead atoms. The summed E-state index contributed by atoms with van der Waals surface area (Å²) < 4.78 is 6.81. The molecule has 0 aromatic carbocycles. The lowest BCUT2D eigenvalue weighted by Gasteiger charge is -2.23. The van der Waals surface area contributed by atoms with E-state index >= 15 is 0 Å². The first kappa shape index (κ1) is 17.7. The molecule has 0 spiro atoms. The van der Waals surface area contributed by atoms with Gasteiger partial charge in [-0.1, -0.05) is 0 Å². The van der Waals surface area contributed by atoms with Gasteiger partial charge in [-0.3, -0.25) is 9.48 Å². The van der Waals surface area contributed by atoms with Crippen LogP contribution in [-0.2, 0) is 22.6 Å². The van der Waals surface area contributed by atoms with Crippen molar-refractivity contribution < 1.29 is 14.6 Å². The maximum Gasteiger partial charge on any atom is 0.328 e. The molecule has 0 unspecified atom stereocenters. The van der Waals surface area contributed by atoms with Crippen molar-refractivity contribution in [3.05, 3.63) is 17.0 Å². The molecule has 0 aliphatic carbocycles. The van der Waals surface area contributed by atoms with E-state index in [-0.39, 0.29) is 30.8 Å². The van der Waals surface area contributed by atoms with Gasteiger partial charge in [-0.15, -0.1) is 0 Å². The summed E-state index contributed by atoms with van der Waals surface area (Å²) in [5.74, 6) is -0.286. The van der Waals surface area contributed by atoms with Gasteiger partial charge in [0.05, 0.1) is 18.4 Å². The number of hydrogen-bond donors (Lipinski definition) is 2. The standard InChI is InChI=1S/C15H27N3O3/c1-10(2)21-14(20)8-18-12(4)13(11(3)17-18)7-16-15(5,6)9-19/h10,16,19H,7-9H2,1-6H3. The number of rotatable bonds is 7. The summed E-state index contributed by atoms with van der Waals surface area (Å²) in [6, 6.07) is 0. The zero-order valence-corrected chi connectivity index (χ0v) is 13.9. The number of aliphatic hydroxyl groups is 1. The fourth-order valence-electron chi connectivity index (χ4n) is 1.95. The van der Waals surface area contributed by atoms with Crippen molar-refractivity contribution in [1.82, 2.24) is 15.1 Å². The topological polar surface area (TPSA) is 76.4 Å². The summed E-state index contributed by atoms with van der Waals surface area (Å²) in [7, 11) is 0. The first-order valence-electron chi connectivity index (χ1n) is 7.24. The Morgan fingerprint density at radius 3 is 2.57 bits per heavy atom. The number of aliphatic hydroxyl groups excluding tert-OH is 1. The second-order valence-electron chi connectivity index (χ2n) is 6.24. The van der Waals surface area contributed by atoms with Gasteiger partial charge in [0.25, 0.3) is 0 Å². The summed E-state index contributed by atoms with van der Waals surface area (Å²) in [4.78, 5) is 11.7. The van der Waals surface area contributed by atoms with Crippen LogP contribution in [0.3, 0.4) is 0 Å². The maximum atomic E-state index is 11.7. The smallest absolute Gasteiger partial charge is 0.328 e. The van der Waals surface area contributed by atoms with Crippen molar-refractivity contribution in [3.8, 4) is 0 Å². The molecule has 0 saturated heterocycles. The largest absolute Gasteiger partial charge is 0.462 e. The van der Waals surface area contributed by atoms with E-state index in [0.29, 0.717) is 6.54 Å². The van der Waals surface area contributed by atoms with Crippen LogP contribution in [-0.4, -0.2) is 39.1 Å². The molecule has 0 fully saturated rings. The Labute approximate surface area is 126 Å². The van der Waals surface area contributed by atoms with Crippen LogP contribution in [0.25, 0.3) is 0 Å². The van der Waals surface area contributed by atoms with E-state index < -0.39 is 0 Å². The van der Waals surface area contributed by atoms with E-state index in [1.165, 1.54) is 0 Å². The van der Waals surface area contributed by atoms with Crippen LogP contribution < -0.4 is 5.32 Å². The third kappa shape index (κ3) is 5.13. The zero-order valence-electron chi connectivity index (χ0n) is 13.9. The number of esters is 1. The zero-order chi connectivity index (χ0) is 16.2. The van der Waals surface area contributed by atoms with Crippen molar-refractivity contribution in [3.63, 3.8) is 0 Å². The monoisotopic (exact) mass is 297 g/mol. The average molecular weight is 297 g/mol. The number of carbonyl (C=O) groups excluding carboxylic acids is 1. The highest BCUT2D eigenvalue weighted by Gasteiger charge is 2.19. The van der Waals surface area contributed by atoms with E-state index in [1.54, 1.807) is 4.68 Å². The highest BCUT2D eigenvalue weighted by molar-refractivity contribution is 5.69. The third-order valence-corrected chi connectivity index (χ3v) is 3.32. The van der Waals surface area contributed by atoms with Crippen molar-refractivity contribution in [2.24, 2.45) is 0 Å². The van der Waals surface area contributed by atoms with Crippen LogP contribution in [0.2, 0.25) is 0 Å². The van der Waals surface area contributed by atoms with Crippen LogP contribution in [0.5, 0.6) is 0 Å². The first-order chi connectivity index (χ1) is 9.66. The fourth-order valence-corrected chi connectivity index (χ4v) is 1.95. The third-order valence-electron chi connectivity index (χ3n) is 3.32. The molecule has 1 aromatic rings. The quantitative estimate of drug-likeness (QED) is 0.742. The lowest BCUT2D eigenvalue weighted by Crippen LogP contribution is -2.42. The number of nitrogens with one attached hydrogen (secondary N) is 1. The van der Waals surface area contributed by atoms with Crippen molar-refractivity contribution in [2.75, 3.05) is 6.61 Å². The summed E-state index contributed by atoms with van der Waals surface area (Å²) >= 11 is 0. The molecule has 0 amide bonds. The molecular formula is C15H27N3O3. The molecule has 0 saturated carbocycles. The van der Waals surface area contributed by atoms with Gasteiger partial charge in [0.15, 0.2) is 0 Å². The minimum absolute atomic E-state index is 0.0555. The summed E-state index contributed by atoms with van der Waals surface area (Å²) in [5, 5.41) is 17.0. The van der Waals surface area contributed by atoms with Gasteiger partial charge in [0.2, 0.25) is 0 Å². The molecule has 0 aliphatic rings. The van der Waals surface area contributed by atoms with Gasteiger partial charge in [0.1, 0.15) is 6.54 Å². The highest BCUT2D eigenvalue weighted by atomic mass is 16.5. The van der Waals surface area contributed by atoms with Crippen molar-refractivity contribution in [1.29, 1.82) is 0 Å². The Morgan fingerprint density at radius 1 is 1.43 bits per heavy atom. The molecule has 6 nitrogen and oxygen atoms in total. The number of aromatic nitrogens is 2. The molecule has 0 atom stereocenters. The van der Waals surface area contributed by atoms with Crippen LogP contribution in [0.1, 0.15) is 44.6 Å². The lowest BCUT2D eigenvalue weighted by molar-refractivity contribution is -0.148. The molecule has 2 N–H and O–H groups in total. The van der Waals surface area contributed by atoms with Gasteiger partial charge < -0.3 is 15.2 Å². The summed E-state index contributed by atoms with van der Waals surface area (Å²) in [6.07, 6.45) is -0.124. The lowest BCUT2D eigenvalue weighted by atomic mass is 10.1. The maximum absolute atomic E-state index is 11.7. The Kier molecular flexibility index (Phi) is 5.92. The van der Waals surface area contributed by atoms with Gasteiger partial charge in [-0.05, 0) is 41.5 Å². The molecule has 6 heteroatoms. The molecule has 0 radical (unpaired) electrons. The second-order valence-corrected chi connectivity index (χ2v) is 6.24. The fraction of sp³-hybridized carbons (Fsp3) is 0.733. The van der Waals surface area contributed by atoms with Crippen LogP contribution >= 0.6 is 0 Å². The first-order valence-corrected chi connectivity index (χ1v) is 7.24. The SMILES string of the molecule is Cc1nn(CC(=O)OC(C)C)c(C)c1CNC(C)(C)CO. The highest BCUT2D eigenvalue weighted by Crippen LogP contribution is 2.14. The molecular weight excluding hydrogens is 270 g/mol. The van der Waals surface area contributed by atoms with Gasteiger partial charge in [0, 0.05) is 23.3 Å². The summed E-state index contributed by atoms with van der Waals surface area (Å²) in [5.41, 5.74) is 2.52. The number of carbonyl (C=O) groups is 1. The second kappa shape index (κ2) is 7.04. The van der Waals surface area contributed by atoms with E-state index in [0.717, 1.165) is 17.0 Å². The Bertz CT molecular complexity index is 493. The predicted octanol–water partition coefficient (Wildman–Crippen LogP) is 1.31. The Balaban J connectivity index is 2.78. The summed E-state index contributed by atoms with van der Waals surface area (Å²) in [6.45, 7) is 12.1. The minimum atomic E-state index is -0.350. The van der Waals surface area contributed by atoms with Gasteiger partial charge >= 0.3 is 5.97 Å². The normalized spacial score (nSPS) is 12.0. The predicted molar refractivity (Wildman–Crippen MR) is 80.9 cm³/mol. The van der Waals surface area contributed by atoms with Gasteiger partial charge in [-0.25, -0.2) is 0 Å². The van der Waals surface area contributed by atoms with Crippen molar-refractivity contribution in [2.45, 2.75) is 66.3 Å². The number of ether oxygens (including phenoxy) is 1. The molecule has 1 heterocycles. The van der Waals surface area contributed by atoms with E-state index in [2.05, 4.69) is 10.4 Å². The number of aryl methyl sites for hydroxylation is 1. The Morgan fingerprint density at radius 2 is 2.05 bits per heavy atom. The Hall–Kier alpha value is -1.40. The van der Waals surface area contributed by atoms with Crippen LogP contribution in [0, 0.1) is 13.8 Å². The number of hydrogen-bond acceptors (Lipinski definition) is 5. The molecule has 0 aliphatic heterocycles. The van der Waals surface area contributed by atoms with Crippen LogP contribution in [0.4, 0.5) is 0 Å². The average Bonchev–Trinajstić information content (AvgIpc) is 2.61.